The average molecular weight is 360 g/mol. The van der Waals surface area contributed by atoms with Crippen LogP contribution in [0, 0.1) is 0 Å². The Morgan fingerprint density at radius 2 is 1.54 bits per heavy atom. The van der Waals surface area contributed by atoms with Crippen LogP contribution < -0.4 is 5.06 Å². The minimum absolute atomic E-state index is 0.335. The van der Waals surface area contributed by atoms with Gasteiger partial charge in [0, 0.05) is 12.4 Å². The molecule has 0 atom stereocenters. The predicted octanol–water partition coefficient (Wildman–Crippen LogP) is 4.92. The molecule has 3 aromatic rings. The second-order valence-electron chi connectivity index (χ2n) is 5.12. The molecule has 2 aromatic heterocycles. The first-order valence-electron chi connectivity index (χ1n) is 7.37. The number of rotatable bonds is 6. The van der Waals surface area contributed by atoms with Gasteiger partial charge in [0.05, 0.1) is 12.2 Å². The molecule has 0 aliphatic rings. The maximum Gasteiger partial charge on any atom is 0.131 e. The number of hydroxylamine groups is 1. The second-order valence-corrected chi connectivity index (χ2v) is 5.90. The molecule has 0 saturated heterocycles. The zero-order valence-electron chi connectivity index (χ0n) is 12.8. The molecule has 2 heterocycles. The zero-order valence-corrected chi connectivity index (χ0v) is 14.3. The molecule has 0 saturated carbocycles. The molecule has 0 fully saturated rings. The highest BCUT2D eigenvalue weighted by molar-refractivity contribution is 6.32. The van der Waals surface area contributed by atoms with Crippen LogP contribution in [0.25, 0.3) is 0 Å². The largest absolute Gasteiger partial charge is 0.268 e. The minimum atomic E-state index is 0.335. The Hall–Kier alpha value is -2.14. The van der Waals surface area contributed by atoms with E-state index in [1.807, 2.05) is 47.5 Å². The number of benzene rings is 1. The molecular weight excluding hydrogens is 345 g/mol. The van der Waals surface area contributed by atoms with Crippen molar-refractivity contribution in [3.63, 3.8) is 0 Å². The van der Waals surface area contributed by atoms with E-state index in [4.69, 9.17) is 28.0 Å². The zero-order chi connectivity index (χ0) is 16.8. The maximum absolute atomic E-state index is 6.00. The standard InChI is InChI=1S/C18H15Cl2N3O/c19-17-10-15(11-18(20)22-17)13-24-23(16-4-2-1-3-5-16)12-14-6-8-21-9-7-14/h1-11H,12-13H2. The molecule has 1 aromatic carbocycles. The molecule has 0 unspecified atom stereocenters. The van der Waals surface area contributed by atoms with Crippen molar-refractivity contribution in [3.05, 3.63) is 88.4 Å². The molecule has 0 amide bonds. The lowest BCUT2D eigenvalue weighted by molar-refractivity contribution is 0.0908. The summed E-state index contributed by atoms with van der Waals surface area (Å²) in [6.45, 7) is 0.932. The highest BCUT2D eigenvalue weighted by Gasteiger charge is 2.09. The minimum Gasteiger partial charge on any atom is -0.268 e. The quantitative estimate of drug-likeness (QED) is 0.462. The lowest BCUT2D eigenvalue weighted by atomic mass is 10.2. The van der Waals surface area contributed by atoms with Crippen molar-refractivity contribution in [1.29, 1.82) is 0 Å². The van der Waals surface area contributed by atoms with Gasteiger partial charge >= 0.3 is 0 Å². The summed E-state index contributed by atoms with van der Waals surface area (Å²) in [6.07, 6.45) is 3.53. The number of para-hydroxylation sites is 1. The van der Waals surface area contributed by atoms with E-state index in [-0.39, 0.29) is 0 Å². The van der Waals surface area contributed by atoms with Gasteiger partial charge in [-0.2, -0.15) is 0 Å². The summed E-state index contributed by atoms with van der Waals surface area (Å²) in [4.78, 5) is 14.0. The van der Waals surface area contributed by atoms with Crippen molar-refractivity contribution in [2.75, 3.05) is 5.06 Å². The normalized spacial score (nSPS) is 10.6. The lowest BCUT2D eigenvalue weighted by Crippen LogP contribution is -2.23. The molecular formula is C18H15Cl2N3O. The summed E-state index contributed by atoms with van der Waals surface area (Å²) >= 11 is 11.9. The summed E-state index contributed by atoms with van der Waals surface area (Å²) < 4.78 is 0. The van der Waals surface area contributed by atoms with E-state index >= 15 is 0 Å². The molecule has 0 radical (unpaired) electrons. The monoisotopic (exact) mass is 359 g/mol. The first kappa shape index (κ1) is 16.7. The molecule has 122 valence electrons. The van der Waals surface area contributed by atoms with Gasteiger partial charge < -0.3 is 0 Å². The number of hydrogen-bond acceptors (Lipinski definition) is 4. The topological polar surface area (TPSA) is 38.2 Å². The highest BCUT2D eigenvalue weighted by Crippen LogP contribution is 2.20. The Balaban J connectivity index is 1.77. The lowest BCUT2D eigenvalue weighted by Gasteiger charge is -2.24. The van der Waals surface area contributed by atoms with Gasteiger partial charge in [-0.3, -0.25) is 9.82 Å². The van der Waals surface area contributed by atoms with E-state index in [9.17, 15) is 0 Å². The third kappa shape index (κ3) is 4.68. The first-order valence-corrected chi connectivity index (χ1v) is 8.13. The third-order valence-electron chi connectivity index (χ3n) is 3.33. The molecule has 24 heavy (non-hydrogen) atoms. The SMILES string of the molecule is Clc1cc(CON(Cc2ccncc2)c2ccccc2)cc(Cl)n1. The number of aromatic nitrogens is 2. The predicted molar refractivity (Wildman–Crippen MR) is 95.9 cm³/mol. The molecule has 6 heteroatoms. The van der Waals surface area contributed by atoms with E-state index in [0.717, 1.165) is 16.8 Å². The Bertz CT molecular complexity index is 765. The van der Waals surface area contributed by atoms with E-state index < -0.39 is 0 Å². The molecule has 0 N–H and O–H groups in total. The number of anilines is 1. The van der Waals surface area contributed by atoms with Crippen LogP contribution in [0.1, 0.15) is 11.1 Å². The summed E-state index contributed by atoms with van der Waals surface area (Å²) in [5, 5.41) is 2.53. The van der Waals surface area contributed by atoms with Crippen molar-refractivity contribution in [2.45, 2.75) is 13.2 Å². The van der Waals surface area contributed by atoms with Gasteiger partial charge in [0.2, 0.25) is 0 Å². The van der Waals surface area contributed by atoms with Crippen LogP contribution in [0.5, 0.6) is 0 Å². The van der Waals surface area contributed by atoms with Crippen LogP contribution in [0.15, 0.2) is 67.0 Å². The molecule has 0 aliphatic carbocycles. The van der Waals surface area contributed by atoms with Crippen LogP contribution in [0.2, 0.25) is 10.3 Å². The van der Waals surface area contributed by atoms with E-state index in [2.05, 4.69) is 9.97 Å². The van der Waals surface area contributed by atoms with Crippen LogP contribution in [0.4, 0.5) is 5.69 Å². The van der Waals surface area contributed by atoms with Crippen LogP contribution in [-0.4, -0.2) is 9.97 Å². The summed E-state index contributed by atoms with van der Waals surface area (Å²) in [6, 6.07) is 17.3. The van der Waals surface area contributed by atoms with Crippen LogP contribution in [0.3, 0.4) is 0 Å². The summed E-state index contributed by atoms with van der Waals surface area (Å²) in [7, 11) is 0. The molecule has 0 spiro atoms. The number of pyridine rings is 2. The fourth-order valence-corrected chi connectivity index (χ4v) is 2.72. The Morgan fingerprint density at radius 3 is 2.21 bits per heavy atom. The van der Waals surface area contributed by atoms with E-state index in [1.165, 1.54) is 0 Å². The fraction of sp³-hybridized carbons (Fsp3) is 0.111. The number of nitrogens with zero attached hydrogens (tertiary/aromatic N) is 3. The van der Waals surface area contributed by atoms with Crippen molar-refractivity contribution < 1.29 is 4.84 Å². The van der Waals surface area contributed by atoms with Gasteiger partial charge in [-0.15, -0.1) is 0 Å². The van der Waals surface area contributed by atoms with Crippen molar-refractivity contribution >= 4 is 28.9 Å². The third-order valence-corrected chi connectivity index (χ3v) is 3.72. The average Bonchev–Trinajstić information content (AvgIpc) is 2.59. The Kier molecular flexibility index (Phi) is 5.64. The van der Waals surface area contributed by atoms with Gasteiger partial charge in [-0.05, 0) is 47.5 Å². The van der Waals surface area contributed by atoms with Crippen molar-refractivity contribution in [2.24, 2.45) is 0 Å². The molecule has 0 bridgehead atoms. The summed E-state index contributed by atoms with van der Waals surface area (Å²) in [5.41, 5.74) is 2.91. The van der Waals surface area contributed by atoms with Crippen LogP contribution >= 0.6 is 23.2 Å². The van der Waals surface area contributed by atoms with E-state index in [1.54, 1.807) is 24.5 Å². The van der Waals surface area contributed by atoms with Gasteiger partial charge in [-0.25, -0.2) is 10.0 Å². The molecule has 3 rings (SSSR count). The Morgan fingerprint density at radius 1 is 0.875 bits per heavy atom. The molecule has 0 aliphatic heterocycles. The first-order chi connectivity index (χ1) is 11.7. The van der Waals surface area contributed by atoms with Gasteiger partial charge in [-0.1, -0.05) is 41.4 Å². The number of hydrogen-bond donors (Lipinski definition) is 0. The van der Waals surface area contributed by atoms with Gasteiger partial charge in [0.25, 0.3) is 0 Å². The maximum atomic E-state index is 6.00. The van der Waals surface area contributed by atoms with Gasteiger partial charge in [0.15, 0.2) is 0 Å². The Labute approximate surface area is 150 Å². The van der Waals surface area contributed by atoms with Crippen molar-refractivity contribution in [3.8, 4) is 0 Å². The second kappa shape index (κ2) is 8.11. The smallest absolute Gasteiger partial charge is 0.131 e. The van der Waals surface area contributed by atoms with Crippen molar-refractivity contribution in [1.82, 2.24) is 9.97 Å². The highest BCUT2D eigenvalue weighted by atomic mass is 35.5. The fourth-order valence-electron chi connectivity index (χ4n) is 2.21. The summed E-state index contributed by atoms with van der Waals surface area (Å²) in [5.74, 6) is 0. The van der Waals surface area contributed by atoms with E-state index in [0.29, 0.717) is 23.5 Å². The molecule has 4 nitrogen and oxygen atoms in total. The van der Waals surface area contributed by atoms with Gasteiger partial charge in [0.1, 0.15) is 16.9 Å². The number of halogens is 2. The van der Waals surface area contributed by atoms with Crippen LogP contribution in [-0.2, 0) is 18.0 Å².